The van der Waals surface area contributed by atoms with E-state index in [2.05, 4.69) is 48.9 Å². The highest BCUT2D eigenvalue weighted by molar-refractivity contribution is 5.53. The van der Waals surface area contributed by atoms with Crippen LogP contribution in [0.25, 0.3) is 0 Å². The third-order valence-electron chi connectivity index (χ3n) is 3.02. The molecule has 0 atom stereocenters. The normalized spacial score (nSPS) is 10.7. The Labute approximate surface area is 114 Å². The maximum absolute atomic E-state index is 4.43. The molecule has 2 heteroatoms. The van der Waals surface area contributed by atoms with Gasteiger partial charge in [-0.25, -0.2) is 4.99 Å². The molecular formula is C17H18N2. The second-order valence-corrected chi connectivity index (χ2v) is 5.08. The summed E-state index contributed by atoms with van der Waals surface area (Å²) in [5.41, 5.74) is 2.94. The van der Waals surface area contributed by atoms with E-state index in [0.29, 0.717) is 0 Å². The second-order valence-electron chi connectivity index (χ2n) is 5.08. The van der Waals surface area contributed by atoms with Gasteiger partial charge in [-0.05, 0) is 38.5 Å². The van der Waals surface area contributed by atoms with E-state index in [9.17, 15) is 0 Å². The van der Waals surface area contributed by atoms with Crippen LogP contribution in [0.2, 0.25) is 0 Å². The molecule has 0 radical (unpaired) electrons. The van der Waals surface area contributed by atoms with Gasteiger partial charge in [0.2, 0.25) is 0 Å². The number of aryl methyl sites for hydroxylation is 1. The fourth-order valence-electron chi connectivity index (χ4n) is 1.74. The van der Waals surface area contributed by atoms with Crippen molar-refractivity contribution in [2.24, 2.45) is 9.98 Å². The van der Waals surface area contributed by atoms with Crippen molar-refractivity contribution in [3.63, 3.8) is 0 Å². The predicted molar refractivity (Wildman–Crippen MR) is 80.2 cm³/mol. The molecule has 0 heterocycles. The summed E-state index contributed by atoms with van der Waals surface area (Å²) in [6, 6.07) is 21.0. The number of benzene rings is 2. The predicted octanol–water partition coefficient (Wildman–Crippen LogP) is 4.74. The Morgan fingerprint density at radius 3 is 2.16 bits per heavy atom. The summed E-state index contributed by atoms with van der Waals surface area (Å²) in [4.78, 5) is 8.67. The van der Waals surface area contributed by atoms with Crippen molar-refractivity contribution in [3.8, 4) is 0 Å². The molecule has 19 heavy (non-hydrogen) atoms. The minimum atomic E-state index is -0.310. The van der Waals surface area contributed by atoms with Gasteiger partial charge < -0.3 is 0 Å². The Kier molecular flexibility index (Phi) is 3.94. The van der Waals surface area contributed by atoms with Crippen molar-refractivity contribution in [1.29, 1.82) is 0 Å². The van der Waals surface area contributed by atoms with E-state index in [1.54, 1.807) is 0 Å². The van der Waals surface area contributed by atoms with Gasteiger partial charge in [-0.15, -0.1) is 0 Å². The van der Waals surface area contributed by atoms with Gasteiger partial charge in [-0.3, -0.25) is 0 Å². The lowest BCUT2D eigenvalue weighted by Gasteiger charge is -2.17. The summed E-state index contributed by atoms with van der Waals surface area (Å²) in [6.45, 7) is 6.17. The van der Waals surface area contributed by atoms with Gasteiger partial charge in [0.15, 0.2) is 0 Å². The summed E-state index contributed by atoms with van der Waals surface area (Å²) in [5.74, 6) is 0. The lowest BCUT2D eigenvalue weighted by atomic mass is 9.95. The Balaban J connectivity index is 2.20. The molecule has 0 spiro atoms. The lowest BCUT2D eigenvalue weighted by molar-refractivity contribution is 0.562. The van der Waals surface area contributed by atoms with Crippen LogP contribution in [-0.2, 0) is 5.54 Å². The van der Waals surface area contributed by atoms with Gasteiger partial charge in [-0.2, -0.15) is 4.99 Å². The smallest absolute Gasteiger partial charge is 0.0958 e. The van der Waals surface area contributed by atoms with Gasteiger partial charge in [0.25, 0.3) is 0 Å². The Hall–Kier alpha value is -2.18. The van der Waals surface area contributed by atoms with Crippen molar-refractivity contribution >= 4 is 11.7 Å². The van der Waals surface area contributed by atoms with E-state index in [4.69, 9.17) is 0 Å². The standard InChI is InChI=1S/C17H18N2/c1-14-9-11-16(12-10-14)18-13-19-17(2,3)15-7-5-4-6-8-15/h4-12H,1-3H3. The molecule has 0 aliphatic heterocycles. The molecule has 2 aromatic rings. The lowest BCUT2D eigenvalue weighted by Crippen LogP contribution is -2.12. The molecule has 0 aromatic heterocycles. The zero-order valence-corrected chi connectivity index (χ0v) is 11.6. The molecule has 0 saturated heterocycles. The van der Waals surface area contributed by atoms with Crippen molar-refractivity contribution in [2.75, 3.05) is 0 Å². The first-order chi connectivity index (χ1) is 9.08. The number of nitrogens with zero attached hydrogens (tertiary/aromatic N) is 2. The summed E-state index contributed by atoms with van der Waals surface area (Å²) >= 11 is 0. The fraction of sp³-hybridized carbons (Fsp3) is 0.235. The summed E-state index contributed by atoms with van der Waals surface area (Å²) in [6.07, 6.45) is 0. The van der Waals surface area contributed by atoms with Crippen molar-refractivity contribution in [3.05, 3.63) is 65.7 Å². The first kappa shape index (κ1) is 13.3. The second kappa shape index (κ2) is 5.64. The van der Waals surface area contributed by atoms with Crippen LogP contribution in [0.5, 0.6) is 0 Å². The van der Waals surface area contributed by atoms with Gasteiger partial charge in [0.05, 0.1) is 17.2 Å². The molecule has 0 fully saturated rings. The van der Waals surface area contributed by atoms with Crippen LogP contribution >= 0.6 is 0 Å². The number of hydrogen-bond acceptors (Lipinski definition) is 2. The van der Waals surface area contributed by atoms with Crippen LogP contribution in [0.1, 0.15) is 25.0 Å². The third kappa shape index (κ3) is 3.64. The molecule has 2 rings (SSSR count). The van der Waals surface area contributed by atoms with Gasteiger partial charge >= 0.3 is 0 Å². The van der Waals surface area contributed by atoms with E-state index < -0.39 is 0 Å². The zero-order chi connectivity index (χ0) is 13.7. The largest absolute Gasteiger partial charge is 0.214 e. The highest BCUT2D eigenvalue weighted by Crippen LogP contribution is 2.23. The van der Waals surface area contributed by atoms with E-state index in [1.165, 1.54) is 5.56 Å². The topological polar surface area (TPSA) is 24.7 Å². The highest BCUT2D eigenvalue weighted by atomic mass is 14.9. The number of rotatable bonds is 3. The first-order valence-corrected chi connectivity index (χ1v) is 6.38. The van der Waals surface area contributed by atoms with Crippen LogP contribution in [-0.4, -0.2) is 6.01 Å². The average Bonchev–Trinajstić information content (AvgIpc) is 2.42. The highest BCUT2D eigenvalue weighted by Gasteiger charge is 2.17. The van der Waals surface area contributed by atoms with Crippen LogP contribution in [0.15, 0.2) is 64.6 Å². The van der Waals surface area contributed by atoms with Gasteiger partial charge in [-0.1, -0.05) is 48.0 Å². The third-order valence-corrected chi connectivity index (χ3v) is 3.02. The van der Waals surface area contributed by atoms with Crippen LogP contribution in [0, 0.1) is 6.92 Å². The summed E-state index contributed by atoms with van der Waals surface area (Å²) in [5, 5.41) is 0. The first-order valence-electron chi connectivity index (χ1n) is 6.38. The molecule has 0 aliphatic rings. The molecule has 0 aliphatic carbocycles. The molecule has 2 nitrogen and oxygen atoms in total. The minimum absolute atomic E-state index is 0.310. The Bertz CT molecular complexity index is 589. The van der Waals surface area contributed by atoms with Gasteiger partial charge in [0, 0.05) is 0 Å². The molecule has 2 aromatic carbocycles. The Morgan fingerprint density at radius 1 is 0.895 bits per heavy atom. The van der Waals surface area contributed by atoms with Crippen molar-refractivity contribution in [1.82, 2.24) is 0 Å². The van der Waals surface area contributed by atoms with E-state index in [0.717, 1.165) is 11.3 Å². The van der Waals surface area contributed by atoms with E-state index >= 15 is 0 Å². The molecule has 0 N–H and O–H groups in total. The van der Waals surface area contributed by atoms with Crippen molar-refractivity contribution in [2.45, 2.75) is 26.3 Å². The number of aliphatic imine (C=N–C) groups is 2. The quantitative estimate of drug-likeness (QED) is 0.703. The average molecular weight is 250 g/mol. The molecule has 0 saturated carbocycles. The maximum atomic E-state index is 4.43. The monoisotopic (exact) mass is 250 g/mol. The summed E-state index contributed by atoms with van der Waals surface area (Å²) < 4.78 is 0. The van der Waals surface area contributed by atoms with Gasteiger partial charge in [0.1, 0.15) is 0 Å². The molecule has 96 valence electrons. The van der Waals surface area contributed by atoms with E-state index in [-0.39, 0.29) is 5.54 Å². The van der Waals surface area contributed by atoms with Crippen LogP contribution < -0.4 is 0 Å². The molecule has 0 unspecified atom stereocenters. The zero-order valence-electron chi connectivity index (χ0n) is 11.6. The fourth-order valence-corrected chi connectivity index (χ4v) is 1.74. The van der Waals surface area contributed by atoms with E-state index in [1.807, 2.05) is 42.5 Å². The maximum Gasteiger partial charge on any atom is 0.0958 e. The van der Waals surface area contributed by atoms with Crippen LogP contribution in [0.4, 0.5) is 5.69 Å². The summed E-state index contributed by atoms with van der Waals surface area (Å²) in [7, 11) is 0. The number of hydrogen-bond donors (Lipinski definition) is 0. The SMILES string of the molecule is Cc1ccc(N=C=NC(C)(C)c2ccccc2)cc1. The van der Waals surface area contributed by atoms with Crippen molar-refractivity contribution < 1.29 is 0 Å². The molecular weight excluding hydrogens is 232 g/mol. The van der Waals surface area contributed by atoms with Crippen LogP contribution in [0.3, 0.4) is 0 Å². The molecule has 0 bridgehead atoms. The minimum Gasteiger partial charge on any atom is -0.214 e. The Morgan fingerprint density at radius 2 is 1.53 bits per heavy atom. The molecule has 0 amide bonds.